The lowest BCUT2D eigenvalue weighted by Gasteiger charge is -2.07. The Labute approximate surface area is 91.0 Å². The van der Waals surface area contributed by atoms with Crippen molar-refractivity contribution in [3.05, 3.63) is 12.4 Å². The van der Waals surface area contributed by atoms with E-state index in [-0.39, 0.29) is 4.90 Å². The SMILES string of the molecule is O=S(=O)(Cl)c1cnn(C2CCSC2)c1. The van der Waals surface area contributed by atoms with E-state index >= 15 is 0 Å². The Balaban J connectivity index is 2.25. The molecule has 0 saturated carbocycles. The van der Waals surface area contributed by atoms with Gasteiger partial charge in [-0.2, -0.15) is 16.9 Å². The van der Waals surface area contributed by atoms with Crippen LogP contribution in [0.5, 0.6) is 0 Å². The summed E-state index contributed by atoms with van der Waals surface area (Å²) in [6.45, 7) is 0. The molecular weight excluding hydrogens is 244 g/mol. The molecule has 1 aromatic rings. The van der Waals surface area contributed by atoms with E-state index < -0.39 is 9.05 Å². The molecule has 0 radical (unpaired) electrons. The van der Waals surface area contributed by atoms with Gasteiger partial charge in [0.15, 0.2) is 0 Å². The van der Waals surface area contributed by atoms with Crippen LogP contribution in [0, 0.1) is 0 Å². The van der Waals surface area contributed by atoms with Gasteiger partial charge in [-0.1, -0.05) is 0 Å². The summed E-state index contributed by atoms with van der Waals surface area (Å²) >= 11 is 1.85. The van der Waals surface area contributed by atoms with E-state index in [1.165, 1.54) is 12.4 Å². The van der Waals surface area contributed by atoms with Crippen LogP contribution in [0.4, 0.5) is 0 Å². The zero-order valence-electron chi connectivity index (χ0n) is 7.26. The van der Waals surface area contributed by atoms with E-state index in [9.17, 15) is 8.42 Å². The molecule has 1 atom stereocenters. The second-order valence-electron chi connectivity index (χ2n) is 3.11. The van der Waals surface area contributed by atoms with Gasteiger partial charge >= 0.3 is 0 Å². The maximum Gasteiger partial charge on any atom is 0.264 e. The molecule has 2 rings (SSSR count). The summed E-state index contributed by atoms with van der Waals surface area (Å²) < 4.78 is 23.6. The van der Waals surface area contributed by atoms with Gasteiger partial charge in [0.1, 0.15) is 4.90 Å². The second kappa shape index (κ2) is 3.75. The third-order valence-electron chi connectivity index (χ3n) is 2.14. The Morgan fingerprint density at radius 2 is 2.43 bits per heavy atom. The summed E-state index contributed by atoms with van der Waals surface area (Å²) in [4.78, 5) is 0.0797. The molecule has 1 aliphatic heterocycles. The molecule has 0 aliphatic carbocycles. The predicted molar refractivity (Wildman–Crippen MR) is 56.2 cm³/mol. The summed E-state index contributed by atoms with van der Waals surface area (Å²) in [5.41, 5.74) is 0. The molecule has 2 heterocycles. The highest BCUT2D eigenvalue weighted by atomic mass is 35.7. The Bertz CT molecular complexity index is 423. The first-order valence-electron chi connectivity index (χ1n) is 4.14. The Kier molecular flexibility index (Phi) is 2.77. The van der Waals surface area contributed by atoms with E-state index in [4.69, 9.17) is 10.7 Å². The average Bonchev–Trinajstić information content (AvgIpc) is 2.73. The maximum absolute atomic E-state index is 11.0. The highest BCUT2D eigenvalue weighted by Gasteiger charge is 2.20. The third kappa shape index (κ3) is 2.07. The zero-order valence-corrected chi connectivity index (χ0v) is 9.65. The standard InChI is InChI=1S/C7H9ClN2O2S2/c8-14(11,12)7-3-9-10(4-7)6-1-2-13-5-6/h3-4,6H,1-2,5H2. The van der Waals surface area contributed by atoms with Gasteiger partial charge < -0.3 is 0 Å². The van der Waals surface area contributed by atoms with Crippen molar-refractivity contribution in [2.45, 2.75) is 17.4 Å². The number of thioether (sulfide) groups is 1. The normalized spacial score (nSPS) is 22.8. The van der Waals surface area contributed by atoms with Crippen LogP contribution in [0.1, 0.15) is 12.5 Å². The minimum atomic E-state index is -3.63. The van der Waals surface area contributed by atoms with Crippen molar-refractivity contribution >= 4 is 31.5 Å². The quantitative estimate of drug-likeness (QED) is 0.749. The lowest BCUT2D eigenvalue weighted by Crippen LogP contribution is -2.07. The largest absolute Gasteiger partial charge is 0.267 e. The van der Waals surface area contributed by atoms with E-state index in [0.717, 1.165) is 17.9 Å². The van der Waals surface area contributed by atoms with E-state index in [1.807, 2.05) is 11.8 Å². The molecule has 0 N–H and O–H groups in total. The van der Waals surface area contributed by atoms with Crippen LogP contribution >= 0.6 is 22.4 Å². The van der Waals surface area contributed by atoms with Crippen molar-refractivity contribution in [2.24, 2.45) is 0 Å². The molecule has 1 fully saturated rings. The van der Waals surface area contributed by atoms with Crippen molar-refractivity contribution in [1.82, 2.24) is 9.78 Å². The van der Waals surface area contributed by atoms with Crippen LogP contribution in [-0.2, 0) is 9.05 Å². The first kappa shape index (κ1) is 10.3. The first-order chi connectivity index (χ1) is 6.57. The molecule has 78 valence electrons. The number of nitrogens with zero attached hydrogens (tertiary/aromatic N) is 2. The molecule has 14 heavy (non-hydrogen) atoms. The number of hydrogen-bond donors (Lipinski definition) is 0. The molecule has 0 bridgehead atoms. The van der Waals surface area contributed by atoms with E-state index in [2.05, 4.69) is 5.10 Å². The van der Waals surface area contributed by atoms with Gasteiger partial charge in [-0.25, -0.2) is 8.42 Å². The monoisotopic (exact) mass is 252 g/mol. The minimum absolute atomic E-state index is 0.0797. The number of hydrogen-bond acceptors (Lipinski definition) is 4. The smallest absolute Gasteiger partial charge is 0.264 e. The number of aromatic nitrogens is 2. The molecule has 1 aromatic heterocycles. The molecule has 7 heteroatoms. The zero-order chi connectivity index (χ0) is 10.2. The van der Waals surface area contributed by atoms with Crippen LogP contribution in [0.2, 0.25) is 0 Å². The predicted octanol–water partition coefficient (Wildman–Crippen LogP) is 1.49. The van der Waals surface area contributed by atoms with Crippen molar-refractivity contribution < 1.29 is 8.42 Å². The molecule has 1 unspecified atom stereocenters. The second-order valence-corrected chi connectivity index (χ2v) is 6.83. The number of rotatable bonds is 2. The highest BCUT2D eigenvalue weighted by Crippen LogP contribution is 2.28. The fourth-order valence-corrected chi connectivity index (χ4v) is 3.22. The topological polar surface area (TPSA) is 52.0 Å². The average molecular weight is 253 g/mol. The molecular formula is C7H9ClN2O2S2. The summed E-state index contributed by atoms with van der Waals surface area (Å²) in [7, 11) is 1.56. The van der Waals surface area contributed by atoms with Gasteiger partial charge in [0.2, 0.25) is 0 Å². The van der Waals surface area contributed by atoms with Gasteiger partial charge in [0.05, 0.1) is 12.2 Å². The van der Waals surface area contributed by atoms with Crippen LogP contribution < -0.4 is 0 Å². The van der Waals surface area contributed by atoms with Crippen molar-refractivity contribution in [2.75, 3.05) is 11.5 Å². The lowest BCUT2D eigenvalue weighted by molar-refractivity contribution is 0.501. The number of halogens is 1. The lowest BCUT2D eigenvalue weighted by atomic mass is 10.3. The van der Waals surface area contributed by atoms with Crippen molar-refractivity contribution in [3.8, 4) is 0 Å². The van der Waals surface area contributed by atoms with Gasteiger partial charge in [-0.3, -0.25) is 4.68 Å². The molecule has 0 amide bonds. The third-order valence-corrected chi connectivity index (χ3v) is 4.59. The summed E-state index contributed by atoms with van der Waals surface area (Å²) in [6, 6.07) is 0.312. The van der Waals surface area contributed by atoms with Gasteiger partial charge in [-0.05, 0) is 12.2 Å². The van der Waals surface area contributed by atoms with Gasteiger partial charge in [-0.15, -0.1) is 0 Å². The summed E-state index contributed by atoms with van der Waals surface area (Å²) in [5.74, 6) is 2.09. The van der Waals surface area contributed by atoms with Crippen molar-refractivity contribution in [1.29, 1.82) is 0 Å². The van der Waals surface area contributed by atoms with E-state index in [1.54, 1.807) is 4.68 Å². The summed E-state index contributed by atoms with van der Waals surface area (Å²) in [6.07, 6.45) is 3.83. The van der Waals surface area contributed by atoms with Crippen LogP contribution in [0.15, 0.2) is 17.3 Å². The fourth-order valence-electron chi connectivity index (χ4n) is 1.38. The van der Waals surface area contributed by atoms with Gasteiger partial charge in [0.25, 0.3) is 9.05 Å². The Morgan fingerprint density at radius 3 is 2.93 bits per heavy atom. The molecule has 1 saturated heterocycles. The molecule has 4 nitrogen and oxygen atoms in total. The van der Waals surface area contributed by atoms with Crippen LogP contribution in [0.3, 0.4) is 0 Å². The molecule has 0 spiro atoms. The first-order valence-corrected chi connectivity index (χ1v) is 7.60. The van der Waals surface area contributed by atoms with Crippen LogP contribution in [0.25, 0.3) is 0 Å². The van der Waals surface area contributed by atoms with Gasteiger partial charge in [0, 0.05) is 22.6 Å². The highest BCUT2D eigenvalue weighted by molar-refractivity contribution is 8.13. The minimum Gasteiger partial charge on any atom is -0.267 e. The Morgan fingerprint density at radius 1 is 1.64 bits per heavy atom. The van der Waals surface area contributed by atoms with E-state index in [0.29, 0.717) is 6.04 Å². The molecule has 1 aliphatic rings. The molecule has 0 aromatic carbocycles. The van der Waals surface area contributed by atoms with Crippen molar-refractivity contribution in [3.63, 3.8) is 0 Å². The Hall–Kier alpha value is -0.200. The maximum atomic E-state index is 11.0. The fraction of sp³-hybridized carbons (Fsp3) is 0.571. The van der Waals surface area contributed by atoms with Crippen LogP contribution in [-0.4, -0.2) is 29.7 Å². The summed E-state index contributed by atoms with van der Waals surface area (Å²) in [5, 5.41) is 4.00.